The number of fused-ring (bicyclic) bond motifs is 4. The number of halogens is 11. The average Bonchev–Trinajstić information content (AvgIpc) is 3.85. The van der Waals surface area contributed by atoms with Crippen LogP contribution in [0.4, 0.5) is 26.3 Å². The first kappa shape index (κ1) is 41.9. The Balaban J connectivity index is 0.000000342. The molecule has 0 radical (unpaired) electrons. The third-order valence-corrected chi connectivity index (χ3v) is 13.7. The van der Waals surface area contributed by atoms with Gasteiger partial charge in [-0.15, -0.1) is 11.6 Å². The molecular formula is C26H23Br4ClF6N10O7. The number of carbonyl (C=O) groups is 4. The molecule has 0 unspecified atom stereocenters. The molecule has 0 aromatic carbocycles. The van der Waals surface area contributed by atoms with Crippen molar-refractivity contribution in [2.24, 2.45) is 39.2 Å². The number of carboxylic acids is 2. The zero-order valence-electron chi connectivity index (χ0n) is 26.1. The van der Waals surface area contributed by atoms with E-state index in [0.717, 1.165) is 0 Å². The lowest BCUT2D eigenvalue weighted by molar-refractivity contribution is -0.193. The molecule has 296 valence electrons. The molecule has 5 aliphatic rings. The second-order valence-electron chi connectivity index (χ2n) is 12.1. The number of aliphatic imine (C=N–C) groups is 2. The van der Waals surface area contributed by atoms with Crippen LogP contribution in [0.3, 0.4) is 0 Å². The van der Waals surface area contributed by atoms with E-state index in [0.29, 0.717) is 29.5 Å². The number of amides is 2. The molecule has 1 aliphatic carbocycles. The number of aromatic amines is 1. The van der Waals surface area contributed by atoms with Gasteiger partial charge in [0.25, 0.3) is 11.8 Å². The molecule has 2 spiro atoms. The van der Waals surface area contributed by atoms with Crippen molar-refractivity contribution in [3.8, 4) is 0 Å². The van der Waals surface area contributed by atoms with Crippen molar-refractivity contribution in [2.75, 3.05) is 13.1 Å². The lowest BCUT2D eigenvalue weighted by Gasteiger charge is -2.51. The number of carboxylic acid groups (broad SMARTS) is 2. The molecule has 2 aromatic heterocycles. The van der Waals surface area contributed by atoms with E-state index >= 15 is 0 Å². The van der Waals surface area contributed by atoms with Crippen LogP contribution in [0.2, 0.25) is 0 Å². The molecule has 7 rings (SSSR count). The van der Waals surface area contributed by atoms with E-state index in [1.165, 1.54) is 0 Å². The van der Waals surface area contributed by atoms with Crippen molar-refractivity contribution in [1.29, 1.82) is 0 Å². The van der Waals surface area contributed by atoms with Crippen molar-refractivity contribution in [3.63, 3.8) is 0 Å². The highest BCUT2D eigenvalue weighted by atomic mass is 79.9. The van der Waals surface area contributed by atoms with Crippen molar-refractivity contribution >= 4 is 111 Å². The second kappa shape index (κ2) is 14.3. The average molecular weight is 1060 g/mol. The highest BCUT2D eigenvalue weighted by Crippen LogP contribution is 2.64. The molecule has 28 heteroatoms. The minimum atomic E-state index is -5.08. The Morgan fingerprint density at radius 1 is 0.981 bits per heavy atom. The van der Waals surface area contributed by atoms with Gasteiger partial charge in [0.2, 0.25) is 0 Å². The van der Waals surface area contributed by atoms with Crippen LogP contribution in [-0.4, -0.2) is 114 Å². The van der Waals surface area contributed by atoms with Crippen LogP contribution >= 0.6 is 75.3 Å². The van der Waals surface area contributed by atoms with Gasteiger partial charge in [0.05, 0.1) is 18.9 Å². The number of aromatic nitrogens is 2. The Hall–Kier alpha value is -3.27. The van der Waals surface area contributed by atoms with Gasteiger partial charge < -0.3 is 57.2 Å². The number of nitrogens with one attached hydrogen (secondary N) is 4. The minimum Gasteiger partial charge on any atom is -0.475 e. The lowest BCUT2D eigenvalue weighted by Crippen LogP contribution is -2.74. The summed E-state index contributed by atoms with van der Waals surface area (Å²) in [6.45, 7) is 0.439. The third-order valence-electron chi connectivity index (χ3n) is 9.25. The predicted molar refractivity (Wildman–Crippen MR) is 187 cm³/mol. The van der Waals surface area contributed by atoms with Gasteiger partial charge in [-0.2, -0.15) is 26.3 Å². The smallest absolute Gasteiger partial charge is 0.475 e. The molecule has 4 aliphatic heterocycles. The summed E-state index contributed by atoms with van der Waals surface area (Å²) in [4.78, 5) is 58.5. The van der Waals surface area contributed by atoms with Crippen molar-refractivity contribution < 1.29 is 60.8 Å². The Morgan fingerprint density at radius 3 is 2.02 bits per heavy atom. The highest BCUT2D eigenvalue weighted by molar-refractivity contribution is 9.13. The molecule has 6 heterocycles. The number of nitrogens with zero attached hydrogens (tertiary/aromatic N) is 4. The number of alkyl halides is 7. The number of guanidine groups is 2. The molecule has 1 saturated carbocycles. The number of aliphatic hydroxyl groups excluding tert-OH is 1. The lowest BCUT2D eigenvalue weighted by atomic mass is 9.73. The number of carbonyl (C=O) groups excluding carboxylic acids is 2. The summed E-state index contributed by atoms with van der Waals surface area (Å²) in [5.41, 5.74) is 10.7. The number of hydrogen-bond donors (Lipinski definition) is 9. The van der Waals surface area contributed by atoms with Crippen LogP contribution in [0.1, 0.15) is 27.1 Å². The first-order valence-electron chi connectivity index (χ1n) is 14.7. The van der Waals surface area contributed by atoms with Crippen LogP contribution in [0.5, 0.6) is 0 Å². The molecular weight excluding hydrogens is 1030 g/mol. The first-order valence-corrected chi connectivity index (χ1v) is 18.3. The number of nitrogens with two attached hydrogens (primary N) is 2. The van der Waals surface area contributed by atoms with Gasteiger partial charge in [-0.25, -0.2) is 19.6 Å². The maximum Gasteiger partial charge on any atom is 0.490 e. The van der Waals surface area contributed by atoms with Gasteiger partial charge in [0.1, 0.15) is 21.5 Å². The number of hydrogen-bond acceptors (Lipinski definition) is 11. The SMILES string of the molecule is NC1=N[C@@H](O)[C@@]2(N1)[C@@H](Cl)[C@H](CNC(=O)c1cc(Br)c(Br)[nH]1)[C@H]1CN3C(=O)c4cc(Br)c(Br)n4[C@@H]4N=C(N)N[C@@]43[C@@H]12.O=C(O)C(F)(F)F.O=C(O)C(F)(F)F. The molecule has 2 fully saturated rings. The number of rotatable bonds is 3. The van der Waals surface area contributed by atoms with E-state index < -0.39 is 65.1 Å². The molecule has 8 atom stereocenters. The molecule has 54 heavy (non-hydrogen) atoms. The standard InChI is InChI=1S/C22H21Br4ClN10O3.2C2HF3O2/c23-7-1-9(31-13(7)25)15(38)30-3-5-6-4-36-16(39)10-2-8(24)14(26)37(10)17-22(36,35-19(28)32-17)11(6)21(12(5)27)18(40)33-20(29)34-21;2*3-2(4,5)1(6)7/h1-2,5-6,11-12,17-18,31,40H,3-4H2,(H,30,38)(H3,28,32,35)(H3,29,33,34);2*(H,6,7)/t5-,6-,11+,12+,17+,18+,21+,22-;;/m1../s1. The van der Waals surface area contributed by atoms with Crippen LogP contribution in [-0.2, 0) is 9.59 Å². The monoisotopic (exact) mass is 1050 g/mol. The Kier molecular flexibility index (Phi) is 11.1. The van der Waals surface area contributed by atoms with Gasteiger partial charge >= 0.3 is 24.3 Å². The summed E-state index contributed by atoms with van der Waals surface area (Å²) in [5, 5.41) is 34.4. The quantitative estimate of drug-likeness (QED) is 0.159. The summed E-state index contributed by atoms with van der Waals surface area (Å²) in [6, 6.07) is 3.40. The Bertz CT molecular complexity index is 1940. The third kappa shape index (κ3) is 6.80. The maximum absolute atomic E-state index is 14.0. The molecule has 1 saturated heterocycles. The van der Waals surface area contributed by atoms with Gasteiger partial charge in [-0.3, -0.25) is 9.59 Å². The largest absolute Gasteiger partial charge is 0.490 e. The predicted octanol–water partition coefficient (Wildman–Crippen LogP) is 2.59. The van der Waals surface area contributed by atoms with Crippen molar-refractivity contribution in [2.45, 2.75) is 41.3 Å². The van der Waals surface area contributed by atoms with E-state index in [4.69, 9.17) is 47.9 Å². The van der Waals surface area contributed by atoms with E-state index in [1.807, 2.05) is 0 Å². The molecule has 17 nitrogen and oxygen atoms in total. The molecule has 11 N–H and O–H groups in total. The number of aliphatic carboxylic acids is 2. The first-order chi connectivity index (χ1) is 24.8. The maximum atomic E-state index is 14.0. The normalized spacial score (nSPS) is 30.3. The summed E-state index contributed by atoms with van der Waals surface area (Å²) < 4.78 is 67.9. The fourth-order valence-electron chi connectivity index (χ4n) is 7.39. The topological polar surface area (TPSA) is 266 Å². The van der Waals surface area contributed by atoms with Gasteiger partial charge in [-0.05, 0) is 81.8 Å². The van der Waals surface area contributed by atoms with Crippen molar-refractivity contribution in [3.05, 3.63) is 41.7 Å². The molecule has 0 bridgehead atoms. The Labute approximate surface area is 335 Å². The zero-order valence-corrected chi connectivity index (χ0v) is 33.2. The van der Waals surface area contributed by atoms with Gasteiger partial charge in [-0.1, -0.05) is 0 Å². The number of aliphatic hydroxyl groups is 1. The number of H-pyrrole nitrogens is 1. The van der Waals surface area contributed by atoms with Crippen LogP contribution in [0, 0.1) is 17.8 Å². The van der Waals surface area contributed by atoms with Crippen LogP contribution in [0.15, 0.2) is 40.3 Å². The summed E-state index contributed by atoms with van der Waals surface area (Å²) in [6.07, 6.45) is -12.2. The van der Waals surface area contributed by atoms with Crippen molar-refractivity contribution in [1.82, 2.24) is 30.4 Å². The fraction of sp³-hybridized carbons (Fsp3) is 0.462. The summed E-state index contributed by atoms with van der Waals surface area (Å²) in [7, 11) is 0. The second-order valence-corrected chi connectivity index (χ2v) is 15.8. The van der Waals surface area contributed by atoms with Gasteiger partial charge in [0, 0.05) is 24.9 Å². The van der Waals surface area contributed by atoms with E-state index in [-0.39, 0.29) is 42.7 Å². The minimum absolute atomic E-state index is 0.0358. The highest BCUT2D eigenvalue weighted by Gasteiger charge is 2.79. The molecule has 2 aromatic rings. The van der Waals surface area contributed by atoms with Crippen LogP contribution < -0.4 is 27.4 Å². The molecule has 2 amide bonds. The fourth-order valence-corrected chi connectivity index (χ4v) is 9.54. The summed E-state index contributed by atoms with van der Waals surface area (Å²) in [5.74, 6) is -7.17. The Morgan fingerprint density at radius 2 is 1.54 bits per heavy atom. The summed E-state index contributed by atoms with van der Waals surface area (Å²) >= 11 is 21.1. The van der Waals surface area contributed by atoms with E-state index in [1.54, 1.807) is 21.6 Å². The van der Waals surface area contributed by atoms with E-state index in [2.05, 4.69) is 89.6 Å². The van der Waals surface area contributed by atoms with Crippen LogP contribution in [0.25, 0.3) is 0 Å². The van der Waals surface area contributed by atoms with Gasteiger partial charge in [0.15, 0.2) is 30.0 Å². The zero-order chi connectivity index (χ0) is 40.6. The van der Waals surface area contributed by atoms with E-state index in [9.17, 15) is 41.0 Å².